The molecule has 1 heterocycles. The number of methoxy groups -OCH3 is 1. The number of nitrogens with zero attached hydrogens (tertiary/aromatic N) is 1. The zero-order chi connectivity index (χ0) is 17.8. The molecule has 0 saturated heterocycles. The van der Waals surface area contributed by atoms with Crippen LogP contribution in [-0.2, 0) is 16.9 Å². The van der Waals surface area contributed by atoms with Crippen molar-refractivity contribution in [3.8, 4) is 5.75 Å². The lowest BCUT2D eigenvalue weighted by molar-refractivity contribution is -0.0230. The minimum Gasteiger partial charge on any atom is -0.497 e. The highest BCUT2D eigenvalue weighted by molar-refractivity contribution is 6.02. The van der Waals surface area contributed by atoms with Crippen molar-refractivity contribution in [2.75, 3.05) is 7.11 Å². The van der Waals surface area contributed by atoms with E-state index >= 15 is 0 Å². The second-order valence-electron chi connectivity index (χ2n) is 6.56. The highest BCUT2D eigenvalue weighted by Crippen LogP contribution is 2.39. The van der Waals surface area contributed by atoms with Gasteiger partial charge in [-0.25, -0.2) is 0 Å². The molecule has 130 valence electrons. The summed E-state index contributed by atoms with van der Waals surface area (Å²) >= 11 is 0. The first-order chi connectivity index (χ1) is 12.8. The van der Waals surface area contributed by atoms with Crippen LogP contribution in [0.25, 0.3) is 0 Å². The van der Waals surface area contributed by atoms with Gasteiger partial charge in [-0.3, -0.25) is 0 Å². The van der Waals surface area contributed by atoms with Gasteiger partial charge in [-0.2, -0.15) is 0 Å². The minimum absolute atomic E-state index is 0.485. The molecule has 1 aliphatic rings. The van der Waals surface area contributed by atoms with Crippen molar-refractivity contribution >= 4 is 5.71 Å². The van der Waals surface area contributed by atoms with Crippen LogP contribution in [0.2, 0.25) is 0 Å². The SMILES string of the molecule is COc1cccc(C2=NOC(Cc3ccccc3)(c3ccccc3)C2)c1. The number of rotatable bonds is 5. The van der Waals surface area contributed by atoms with E-state index in [0.29, 0.717) is 0 Å². The maximum Gasteiger partial charge on any atom is 0.172 e. The van der Waals surface area contributed by atoms with Crippen LogP contribution in [0.5, 0.6) is 5.75 Å². The van der Waals surface area contributed by atoms with Crippen molar-refractivity contribution in [3.05, 3.63) is 102 Å². The van der Waals surface area contributed by atoms with Crippen LogP contribution in [0, 0.1) is 0 Å². The molecule has 0 amide bonds. The highest BCUT2D eigenvalue weighted by atomic mass is 16.7. The number of hydrogen-bond donors (Lipinski definition) is 0. The molecule has 1 atom stereocenters. The molecule has 3 heteroatoms. The molecule has 1 unspecified atom stereocenters. The van der Waals surface area contributed by atoms with Crippen molar-refractivity contribution in [2.45, 2.75) is 18.4 Å². The van der Waals surface area contributed by atoms with Crippen LogP contribution in [-0.4, -0.2) is 12.8 Å². The quantitative estimate of drug-likeness (QED) is 0.656. The summed E-state index contributed by atoms with van der Waals surface area (Å²) in [5.74, 6) is 0.825. The number of hydrogen-bond acceptors (Lipinski definition) is 3. The molecule has 3 nitrogen and oxygen atoms in total. The molecular weight excluding hydrogens is 322 g/mol. The first kappa shape index (κ1) is 16.4. The normalized spacial score (nSPS) is 18.9. The average Bonchev–Trinajstić information content (AvgIpc) is 3.15. The zero-order valence-corrected chi connectivity index (χ0v) is 14.8. The summed E-state index contributed by atoms with van der Waals surface area (Å²) < 4.78 is 5.35. The fraction of sp³-hybridized carbons (Fsp3) is 0.174. The Bertz CT molecular complexity index is 906. The summed E-state index contributed by atoms with van der Waals surface area (Å²) in [4.78, 5) is 6.12. The van der Waals surface area contributed by atoms with Crippen molar-refractivity contribution in [3.63, 3.8) is 0 Å². The third kappa shape index (κ3) is 3.21. The molecular formula is C23H21NO2. The van der Waals surface area contributed by atoms with Crippen LogP contribution in [0.3, 0.4) is 0 Å². The third-order valence-electron chi connectivity index (χ3n) is 4.82. The molecule has 26 heavy (non-hydrogen) atoms. The zero-order valence-electron chi connectivity index (χ0n) is 14.8. The van der Waals surface area contributed by atoms with Gasteiger partial charge in [0.2, 0.25) is 0 Å². The molecule has 0 saturated carbocycles. The molecule has 0 aromatic heterocycles. The Morgan fingerprint density at radius 3 is 2.38 bits per heavy atom. The molecule has 1 aliphatic heterocycles. The van der Waals surface area contributed by atoms with Crippen LogP contribution in [0.1, 0.15) is 23.1 Å². The van der Waals surface area contributed by atoms with Gasteiger partial charge in [0, 0.05) is 18.4 Å². The summed E-state index contributed by atoms with van der Waals surface area (Å²) in [6.45, 7) is 0. The molecule has 4 rings (SSSR count). The summed E-state index contributed by atoms with van der Waals surface area (Å²) in [6.07, 6.45) is 1.49. The Labute approximate surface area is 153 Å². The number of benzene rings is 3. The van der Waals surface area contributed by atoms with Gasteiger partial charge in [0.25, 0.3) is 0 Å². The predicted molar refractivity (Wildman–Crippen MR) is 103 cm³/mol. The molecule has 3 aromatic carbocycles. The van der Waals surface area contributed by atoms with Gasteiger partial charge in [0.05, 0.1) is 12.8 Å². The van der Waals surface area contributed by atoms with Crippen LogP contribution >= 0.6 is 0 Å². The second kappa shape index (κ2) is 7.04. The van der Waals surface area contributed by atoms with Crippen molar-refractivity contribution < 1.29 is 9.57 Å². The summed E-state index contributed by atoms with van der Waals surface area (Å²) in [6, 6.07) is 28.8. The fourth-order valence-corrected chi connectivity index (χ4v) is 3.45. The molecule has 0 N–H and O–H groups in total. The Morgan fingerprint density at radius 2 is 1.65 bits per heavy atom. The summed E-state index contributed by atoms with van der Waals surface area (Å²) in [7, 11) is 1.68. The van der Waals surface area contributed by atoms with E-state index < -0.39 is 5.60 Å². The van der Waals surface area contributed by atoms with Gasteiger partial charge in [-0.1, -0.05) is 78.0 Å². The first-order valence-corrected chi connectivity index (χ1v) is 8.78. The fourth-order valence-electron chi connectivity index (χ4n) is 3.45. The van der Waals surface area contributed by atoms with E-state index in [0.717, 1.165) is 35.4 Å². The Hall–Kier alpha value is -3.07. The molecule has 0 radical (unpaired) electrons. The Morgan fingerprint density at radius 1 is 0.923 bits per heavy atom. The van der Waals surface area contributed by atoms with Crippen LogP contribution < -0.4 is 4.74 Å². The predicted octanol–water partition coefficient (Wildman–Crippen LogP) is 4.96. The van der Waals surface area contributed by atoms with E-state index in [1.807, 2.05) is 36.4 Å². The lowest BCUT2D eigenvalue weighted by atomic mass is 9.82. The largest absolute Gasteiger partial charge is 0.497 e. The van der Waals surface area contributed by atoms with Crippen LogP contribution in [0.15, 0.2) is 90.1 Å². The highest BCUT2D eigenvalue weighted by Gasteiger charge is 2.41. The van der Waals surface area contributed by atoms with Gasteiger partial charge in [0.15, 0.2) is 5.60 Å². The van der Waals surface area contributed by atoms with Gasteiger partial charge < -0.3 is 9.57 Å². The average molecular weight is 343 g/mol. The topological polar surface area (TPSA) is 30.8 Å². The second-order valence-corrected chi connectivity index (χ2v) is 6.56. The van der Waals surface area contributed by atoms with E-state index in [1.54, 1.807) is 7.11 Å². The van der Waals surface area contributed by atoms with E-state index in [2.05, 4.69) is 53.7 Å². The van der Waals surface area contributed by atoms with Crippen molar-refractivity contribution in [2.24, 2.45) is 5.16 Å². The van der Waals surface area contributed by atoms with Gasteiger partial charge >= 0.3 is 0 Å². The Balaban J connectivity index is 1.68. The molecule has 3 aromatic rings. The van der Waals surface area contributed by atoms with E-state index in [1.165, 1.54) is 5.56 Å². The monoisotopic (exact) mass is 343 g/mol. The number of oxime groups is 1. The lowest BCUT2D eigenvalue weighted by Crippen LogP contribution is -2.29. The van der Waals surface area contributed by atoms with Gasteiger partial charge in [0.1, 0.15) is 5.75 Å². The minimum atomic E-state index is -0.485. The third-order valence-corrected chi connectivity index (χ3v) is 4.82. The lowest BCUT2D eigenvalue weighted by Gasteiger charge is -2.27. The molecule has 0 spiro atoms. The Kier molecular flexibility index (Phi) is 4.44. The van der Waals surface area contributed by atoms with Crippen molar-refractivity contribution in [1.82, 2.24) is 0 Å². The maximum absolute atomic E-state index is 6.12. The van der Waals surface area contributed by atoms with E-state index in [-0.39, 0.29) is 0 Å². The standard InChI is InChI=1S/C23H21NO2/c1-25-21-14-8-11-19(15-21)22-17-23(26-24-22,20-12-6-3-7-13-20)16-18-9-4-2-5-10-18/h2-15H,16-17H2,1H3. The van der Waals surface area contributed by atoms with E-state index in [9.17, 15) is 0 Å². The molecule has 0 bridgehead atoms. The van der Waals surface area contributed by atoms with Crippen LogP contribution in [0.4, 0.5) is 0 Å². The molecule has 0 fully saturated rings. The van der Waals surface area contributed by atoms with Gasteiger partial charge in [-0.15, -0.1) is 0 Å². The van der Waals surface area contributed by atoms with E-state index in [4.69, 9.17) is 9.57 Å². The smallest absolute Gasteiger partial charge is 0.172 e. The van der Waals surface area contributed by atoms with Crippen molar-refractivity contribution in [1.29, 1.82) is 0 Å². The maximum atomic E-state index is 6.12. The van der Waals surface area contributed by atoms with Gasteiger partial charge in [-0.05, 0) is 23.3 Å². The summed E-state index contributed by atoms with van der Waals surface area (Å²) in [5.41, 5.74) is 3.88. The number of ether oxygens (including phenoxy) is 1. The molecule has 0 aliphatic carbocycles. The first-order valence-electron chi connectivity index (χ1n) is 8.78. The summed E-state index contributed by atoms with van der Waals surface area (Å²) in [5, 5.41) is 4.47.